The molecule has 7 heteroatoms. The monoisotopic (exact) mass is 370 g/mol. The maximum Gasteiger partial charge on any atom is 0.271 e. The van der Waals surface area contributed by atoms with E-state index in [1.54, 1.807) is 18.2 Å². The van der Waals surface area contributed by atoms with Crippen LogP contribution in [-0.4, -0.2) is 40.1 Å². The van der Waals surface area contributed by atoms with Gasteiger partial charge in [-0.3, -0.25) is 4.79 Å². The Morgan fingerprint density at radius 2 is 1.74 bits per heavy atom. The van der Waals surface area contributed by atoms with E-state index in [0.29, 0.717) is 35.2 Å². The first-order chi connectivity index (χ1) is 13.1. The Hall–Kier alpha value is -3.48. The lowest BCUT2D eigenvalue weighted by Crippen LogP contribution is -2.18. The Kier molecular flexibility index (Phi) is 7.25. The van der Waals surface area contributed by atoms with Crippen LogP contribution in [0.15, 0.2) is 54.2 Å². The van der Waals surface area contributed by atoms with E-state index >= 15 is 0 Å². The van der Waals surface area contributed by atoms with Crippen LogP contribution in [0, 0.1) is 0 Å². The van der Waals surface area contributed by atoms with Crippen LogP contribution >= 0.6 is 0 Å². The topological polar surface area (TPSA) is 78.4 Å². The van der Waals surface area contributed by atoms with Gasteiger partial charge in [-0.1, -0.05) is 24.8 Å². The second-order valence-corrected chi connectivity index (χ2v) is 5.25. The van der Waals surface area contributed by atoms with Gasteiger partial charge in [-0.2, -0.15) is 5.10 Å². The third kappa shape index (κ3) is 5.01. The van der Waals surface area contributed by atoms with Crippen molar-refractivity contribution in [3.8, 4) is 23.0 Å². The summed E-state index contributed by atoms with van der Waals surface area (Å²) in [7, 11) is 4.46. The largest absolute Gasteiger partial charge is 0.493 e. The van der Waals surface area contributed by atoms with Crippen LogP contribution in [0.3, 0.4) is 0 Å². The molecule has 0 fully saturated rings. The molecule has 1 N–H and O–H groups in total. The van der Waals surface area contributed by atoms with Gasteiger partial charge in [-0.25, -0.2) is 5.43 Å². The van der Waals surface area contributed by atoms with Crippen LogP contribution in [0.4, 0.5) is 0 Å². The van der Waals surface area contributed by atoms with Crippen molar-refractivity contribution in [2.75, 3.05) is 27.9 Å². The number of carbonyl (C=O) groups is 1. The van der Waals surface area contributed by atoms with Crippen molar-refractivity contribution in [1.82, 2.24) is 5.43 Å². The lowest BCUT2D eigenvalue weighted by atomic mass is 10.1. The lowest BCUT2D eigenvalue weighted by molar-refractivity contribution is 0.0954. The number of benzene rings is 2. The van der Waals surface area contributed by atoms with E-state index in [0.717, 1.165) is 5.56 Å². The van der Waals surface area contributed by atoms with Crippen LogP contribution in [0.1, 0.15) is 15.9 Å². The summed E-state index contributed by atoms with van der Waals surface area (Å²) in [5, 5.41) is 4.00. The number of nitrogens with one attached hydrogen (secondary N) is 1. The highest BCUT2D eigenvalue weighted by Crippen LogP contribution is 2.38. The van der Waals surface area contributed by atoms with Gasteiger partial charge in [0, 0.05) is 11.1 Å². The predicted octanol–water partition coefficient (Wildman–Crippen LogP) is 3.04. The molecule has 1 amide bonds. The fourth-order valence-corrected chi connectivity index (χ4v) is 2.30. The molecule has 0 atom stereocenters. The van der Waals surface area contributed by atoms with Crippen LogP contribution in [0.2, 0.25) is 0 Å². The summed E-state index contributed by atoms with van der Waals surface area (Å²) in [5.74, 6) is 1.40. The molecular formula is C20H22N2O5. The fourth-order valence-electron chi connectivity index (χ4n) is 2.30. The molecule has 0 unspecified atom stereocenters. The summed E-state index contributed by atoms with van der Waals surface area (Å²) in [6.45, 7) is 4.00. The van der Waals surface area contributed by atoms with Gasteiger partial charge in [0.2, 0.25) is 5.75 Å². The van der Waals surface area contributed by atoms with Crippen molar-refractivity contribution in [2.24, 2.45) is 5.10 Å². The number of hydrazone groups is 1. The molecule has 0 aliphatic heterocycles. The summed E-state index contributed by atoms with van der Waals surface area (Å²) >= 11 is 0. The maximum absolute atomic E-state index is 12.4. The number of methoxy groups -OCH3 is 3. The molecular weight excluding hydrogens is 348 g/mol. The lowest BCUT2D eigenvalue weighted by Gasteiger charge is -2.13. The third-order valence-electron chi connectivity index (χ3n) is 3.57. The molecule has 0 saturated carbocycles. The van der Waals surface area contributed by atoms with Crippen molar-refractivity contribution in [1.29, 1.82) is 0 Å². The van der Waals surface area contributed by atoms with Gasteiger partial charge in [0.15, 0.2) is 11.5 Å². The van der Waals surface area contributed by atoms with E-state index < -0.39 is 5.91 Å². The van der Waals surface area contributed by atoms with Crippen molar-refractivity contribution < 1.29 is 23.7 Å². The van der Waals surface area contributed by atoms with Crippen LogP contribution < -0.4 is 24.4 Å². The molecule has 0 heterocycles. The number of ether oxygens (including phenoxy) is 4. The molecule has 7 nitrogen and oxygen atoms in total. The average Bonchev–Trinajstić information content (AvgIpc) is 2.71. The van der Waals surface area contributed by atoms with Gasteiger partial charge >= 0.3 is 0 Å². The minimum absolute atomic E-state index is 0.317. The molecule has 0 aromatic heterocycles. The van der Waals surface area contributed by atoms with Crippen LogP contribution in [0.5, 0.6) is 23.0 Å². The highest BCUT2D eigenvalue weighted by Gasteiger charge is 2.16. The zero-order valence-electron chi connectivity index (χ0n) is 15.5. The number of nitrogens with zero attached hydrogens (tertiary/aromatic N) is 1. The zero-order valence-corrected chi connectivity index (χ0v) is 15.5. The van der Waals surface area contributed by atoms with Gasteiger partial charge in [-0.15, -0.1) is 0 Å². The third-order valence-corrected chi connectivity index (χ3v) is 3.57. The standard InChI is InChI=1S/C20H22N2O5/c1-5-10-27-16-9-7-6-8-14(16)13-21-22-20(23)15-11-17(24-2)19(26-4)18(12-15)25-3/h5-9,11-13H,1,10H2,2-4H3,(H,22,23). The van der Waals surface area contributed by atoms with Crippen LogP contribution in [0.25, 0.3) is 0 Å². The molecule has 0 radical (unpaired) electrons. The van der Waals surface area contributed by atoms with Crippen molar-refractivity contribution >= 4 is 12.1 Å². The summed E-state index contributed by atoms with van der Waals surface area (Å²) in [5.41, 5.74) is 3.52. The first-order valence-corrected chi connectivity index (χ1v) is 8.10. The summed E-state index contributed by atoms with van der Waals surface area (Å²) in [6, 6.07) is 10.4. The first kappa shape index (κ1) is 19.8. The van der Waals surface area contributed by atoms with E-state index in [9.17, 15) is 4.79 Å². The summed E-state index contributed by atoms with van der Waals surface area (Å²) in [4.78, 5) is 12.4. The van der Waals surface area contributed by atoms with Gasteiger partial charge < -0.3 is 18.9 Å². The average molecular weight is 370 g/mol. The predicted molar refractivity (Wildman–Crippen MR) is 103 cm³/mol. The molecule has 142 valence electrons. The number of carbonyl (C=O) groups excluding carboxylic acids is 1. The van der Waals surface area contributed by atoms with Crippen molar-refractivity contribution in [3.05, 3.63) is 60.2 Å². The molecule has 2 aromatic rings. The fraction of sp³-hybridized carbons (Fsp3) is 0.200. The number of hydrogen-bond donors (Lipinski definition) is 1. The Balaban J connectivity index is 2.16. The van der Waals surface area contributed by atoms with E-state index in [1.165, 1.54) is 27.5 Å². The minimum Gasteiger partial charge on any atom is -0.493 e. The number of rotatable bonds is 9. The maximum atomic E-state index is 12.4. The Morgan fingerprint density at radius 1 is 1.07 bits per heavy atom. The van der Waals surface area contributed by atoms with Gasteiger partial charge in [0.05, 0.1) is 27.5 Å². The van der Waals surface area contributed by atoms with Crippen molar-refractivity contribution in [2.45, 2.75) is 0 Å². The van der Waals surface area contributed by atoms with Gasteiger partial charge in [0.25, 0.3) is 5.91 Å². The smallest absolute Gasteiger partial charge is 0.271 e. The molecule has 0 saturated heterocycles. The summed E-state index contributed by atoms with van der Waals surface area (Å²) in [6.07, 6.45) is 3.16. The molecule has 0 spiro atoms. The van der Waals surface area contributed by atoms with E-state index in [4.69, 9.17) is 18.9 Å². The normalized spacial score (nSPS) is 10.3. The van der Waals surface area contributed by atoms with Crippen LogP contribution in [-0.2, 0) is 0 Å². The van der Waals surface area contributed by atoms with E-state index in [1.807, 2.05) is 24.3 Å². The molecule has 0 bridgehead atoms. The second-order valence-electron chi connectivity index (χ2n) is 5.25. The molecule has 2 rings (SSSR count). The molecule has 0 aliphatic carbocycles. The summed E-state index contributed by atoms with van der Waals surface area (Å²) < 4.78 is 21.3. The first-order valence-electron chi connectivity index (χ1n) is 8.10. The highest BCUT2D eigenvalue weighted by molar-refractivity contribution is 5.96. The second kappa shape index (κ2) is 9.86. The Morgan fingerprint density at radius 3 is 2.33 bits per heavy atom. The van der Waals surface area contributed by atoms with E-state index in [-0.39, 0.29) is 0 Å². The molecule has 27 heavy (non-hydrogen) atoms. The zero-order chi connectivity index (χ0) is 19.6. The quantitative estimate of drug-likeness (QED) is 0.417. The number of para-hydroxylation sites is 1. The Labute approximate surface area is 158 Å². The minimum atomic E-state index is -0.421. The van der Waals surface area contributed by atoms with Crippen molar-refractivity contribution in [3.63, 3.8) is 0 Å². The number of hydrogen-bond acceptors (Lipinski definition) is 6. The molecule has 0 aliphatic rings. The molecule has 2 aromatic carbocycles. The van der Waals surface area contributed by atoms with Gasteiger partial charge in [-0.05, 0) is 24.3 Å². The van der Waals surface area contributed by atoms with Gasteiger partial charge in [0.1, 0.15) is 12.4 Å². The Bertz CT molecular complexity index is 808. The highest BCUT2D eigenvalue weighted by atomic mass is 16.5. The number of amides is 1. The SMILES string of the molecule is C=CCOc1ccccc1C=NNC(=O)c1cc(OC)c(OC)c(OC)c1. The van der Waals surface area contributed by atoms with E-state index in [2.05, 4.69) is 17.1 Å².